The minimum Gasteiger partial charge on any atom is -0.493 e. The zero-order valence-electron chi connectivity index (χ0n) is 19.3. The Morgan fingerprint density at radius 3 is 2.65 bits per heavy atom. The van der Waals surface area contributed by atoms with Crippen LogP contribution >= 0.6 is 0 Å². The largest absolute Gasteiger partial charge is 0.493 e. The van der Waals surface area contributed by atoms with Crippen LogP contribution < -0.4 is 15.4 Å². The van der Waals surface area contributed by atoms with Crippen molar-refractivity contribution in [2.24, 2.45) is 5.92 Å². The summed E-state index contributed by atoms with van der Waals surface area (Å²) in [7, 11) is 0. The molecule has 2 fully saturated rings. The van der Waals surface area contributed by atoms with Crippen molar-refractivity contribution in [2.45, 2.75) is 58.0 Å². The summed E-state index contributed by atoms with van der Waals surface area (Å²) in [6, 6.07) is 4.44. The van der Waals surface area contributed by atoms with Crippen LogP contribution in [0.1, 0.15) is 55.1 Å². The highest BCUT2D eigenvalue weighted by Crippen LogP contribution is 2.37. The molecule has 5 rings (SSSR count). The number of benzene rings is 1. The van der Waals surface area contributed by atoms with Crippen LogP contribution in [0.5, 0.6) is 5.75 Å². The Kier molecular flexibility index (Phi) is 5.93. The lowest BCUT2D eigenvalue weighted by Gasteiger charge is -2.14. The second-order valence-electron chi connectivity index (χ2n) is 9.35. The van der Waals surface area contributed by atoms with E-state index in [1.165, 1.54) is 25.4 Å². The Bertz CT molecular complexity index is 1250. The van der Waals surface area contributed by atoms with Crippen molar-refractivity contribution in [3.05, 3.63) is 41.6 Å². The number of aryl methyl sites for hydroxylation is 1. The number of carbonyl (C=O) groups is 2. The third-order valence-corrected chi connectivity index (χ3v) is 6.54. The molecule has 178 valence electrons. The average molecular weight is 466 g/mol. The number of nitrogens with zero attached hydrogens (tertiary/aromatic N) is 2. The molecule has 34 heavy (non-hydrogen) atoms. The third-order valence-electron chi connectivity index (χ3n) is 6.54. The number of nitrogens with one attached hydrogen (secondary N) is 3. The van der Waals surface area contributed by atoms with Crippen molar-refractivity contribution in [1.29, 1.82) is 0 Å². The van der Waals surface area contributed by atoms with Gasteiger partial charge < -0.3 is 20.4 Å². The zero-order valence-corrected chi connectivity index (χ0v) is 19.3. The summed E-state index contributed by atoms with van der Waals surface area (Å²) in [5, 5.41) is 6.00. The number of hydrogen-bond acceptors (Lipinski definition) is 5. The second-order valence-corrected chi connectivity index (χ2v) is 9.35. The molecule has 2 saturated carbocycles. The first-order chi connectivity index (χ1) is 16.4. The van der Waals surface area contributed by atoms with E-state index in [0.29, 0.717) is 58.2 Å². The maximum atomic E-state index is 14.2. The Balaban J connectivity index is 1.44. The standard InChI is InChI=1S/C25H28FN5O3/c1-13-21(25(33)31-18-7-6-17(10-18)30-14(2)32)23-24(29-13)22(27-12-28-23)19-9-16(26)5-8-20(19)34-11-15-3-4-15/h5,8-9,12,15,17-18,29H,3-4,6-7,10-11H2,1-2H3,(H,30,32)(H,31,33). The van der Waals surface area contributed by atoms with Gasteiger partial charge in [-0.25, -0.2) is 14.4 Å². The molecule has 2 heterocycles. The number of rotatable bonds is 7. The summed E-state index contributed by atoms with van der Waals surface area (Å²) in [6.45, 7) is 3.90. The van der Waals surface area contributed by atoms with Crippen LogP contribution in [0.3, 0.4) is 0 Å². The van der Waals surface area contributed by atoms with Crippen molar-refractivity contribution < 1.29 is 18.7 Å². The van der Waals surface area contributed by atoms with Gasteiger partial charge in [0.1, 0.15) is 29.1 Å². The fourth-order valence-corrected chi connectivity index (χ4v) is 4.70. The fourth-order valence-electron chi connectivity index (χ4n) is 4.70. The van der Waals surface area contributed by atoms with Crippen molar-refractivity contribution in [2.75, 3.05) is 6.61 Å². The van der Waals surface area contributed by atoms with Gasteiger partial charge in [-0.3, -0.25) is 9.59 Å². The Morgan fingerprint density at radius 2 is 1.91 bits per heavy atom. The molecule has 2 aliphatic carbocycles. The number of halogens is 1. The highest BCUT2D eigenvalue weighted by molar-refractivity contribution is 6.09. The molecule has 2 unspecified atom stereocenters. The van der Waals surface area contributed by atoms with Crippen LogP contribution in [0.4, 0.5) is 4.39 Å². The lowest BCUT2D eigenvalue weighted by atomic mass is 10.1. The van der Waals surface area contributed by atoms with Gasteiger partial charge in [0, 0.05) is 30.3 Å². The Hall–Kier alpha value is -3.49. The number of fused-ring (bicyclic) bond motifs is 1. The molecule has 2 aromatic heterocycles. The fraction of sp³-hybridized carbons (Fsp3) is 0.440. The molecule has 2 amide bonds. The molecule has 2 aliphatic rings. The molecule has 2 atom stereocenters. The number of carbonyl (C=O) groups excluding carboxylic acids is 2. The summed E-state index contributed by atoms with van der Waals surface area (Å²) in [5.41, 5.74) is 3.16. The van der Waals surface area contributed by atoms with Crippen LogP contribution in [0.25, 0.3) is 22.3 Å². The molecule has 0 radical (unpaired) electrons. The number of ether oxygens (including phenoxy) is 1. The van der Waals surface area contributed by atoms with Gasteiger partial charge in [0.25, 0.3) is 5.91 Å². The van der Waals surface area contributed by atoms with E-state index in [-0.39, 0.29) is 23.9 Å². The summed E-state index contributed by atoms with van der Waals surface area (Å²) in [6.07, 6.45) is 6.00. The third kappa shape index (κ3) is 4.60. The predicted octanol–water partition coefficient (Wildman–Crippen LogP) is 3.65. The maximum absolute atomic E-state index is 14.2. The molecule has 0 aliphatic heterocycles. The van der Waals surface area contributed by atoms with Gasteiger partial charge in [-0.2, -0.15) is 0 Å². The van der Waals surface area contributed by atoms with Gasteiger partial charge in [0.05, 0.1) is 17.7 Å². The van der Waals surface area contributed by atoms with Gasteiger partial charge in [-0.15, -0.1) is 0 Å². The van der Waals surface area contributed by atoms with E-state index >= 15 is 0 Å². The van der Waals surface area contributed by atoms with Gasteiger partial charge in [0.15, 0.2) is 0 Å². The van der Waals surface area contributed by atoms with Crippen molar-refractivity contribution in [1.82, 2.24) is 25.6 Å². The van der Waals surface area contributed by atoms with Crippen LogP contribution in [-0.4, -0.2) is 45.5 Å². The summed E-state index contributed by atoms with van der Waals surface area (Å²) in [4.78, 5) is 36.6. The van der Waals surface area contributed by atoms with Crippen molar-refractivity contribution in [3.63, 3.8) is 0 Å². The van der Waals surface area contributed by atoms with E-state index in [2.05, 4.69) is 25.6 Å². The Morgan fingerprint density at radius 1 is 1.15 bits per heavy atom. The number of amides is 2. The van der Waals surface area contributed by atoms with Gasteiger partial charge in [0.2, 0.25) is 5.91 Å². The molecular formula is C25H28FN5O3. The van der Waals surface area contributed by atoms with Crippen molar-refractivity contribution in [3.8, 4) is 17.0 Å². The number of aromatic nitrogens is 3. The normalized spacial score (nSPS) is 19.9. The van der Waals surface area contributed by atoms with Crippen LogP contribution in [-0.2, 0) is 4.79 Å². The van der Waals surface area contributed by atoms with Crippen molar-refractivity contribution >= 4 is 22.8 Å². The summed E-state index contributed by atoms with van der Waals surface area (Å²) >= 11 is 0. The average Bonchev–Trinajstić information content (AvgIpc) is 3.42. The van der Waals surface area contributed by atoms with E-state index < -0.39 is 5.82 Å². The molecule has 3 N–H and O–H groups in total. The van der Waals surface area contributed by atoms with E-state index in [9.17, 15) is 14.0 Å². The van der Waals surface area contributed by atoms with E-state index in [0.717, 1.165) is 25.7 Å². The number of aromatic amines is 1. The molecular weight excluding hydrogens is 437 g/mol. The quantitative estimate of drug-likeness (QED) is 0.494. The van der Waals surface area contributed by atoms with Gasteiger partial charge >= 0.3 is 0 Å². The zero-order chi connectivity index (χ0) is 23.8. The molecule has 9 heteroatoms. The minimum atomic E-state index is -0.392. The van der Waals surface area contributed by atoms with Crippen LogP contribution in [0.15, 0.2) is 24.5 Å². The summed E-state index contributed by atoms with van der Waals surface area (Å²) in [5.74, 6) is 0.420. The molecule has 0 saturated heterocycles. The van der Waals surface area contributed by atoms with Gasteiger partial charge in [-0.05, 0) is 63.1 Å². The maximum Gasteiger partial charge on any atom is 0.255 e. The molecule has 1 aromatic carbocycles. The lowest BCUT2D eigenvalue weighted by Crippen LogP contribution is -2.36. The van der Waals surface area contributed by atoms with Crippen LogP contribution in [0.2, 0.25) is 0 Å². The highest BCUT2D eigenvalue weighted by Gasteiger charge is 2.29. The monoisotopic (exact) mass is 465 g/mol. The molecule has 0 spiro atoms. The molecule has 3 aromatic rings. The topological polar surface area (TPSA) is 109 Å². The smallest absolute Gasteiger partial charge is 0.255 e. The van der Waals surface area contributed by atoms with Gasteiger partial charge in [-0.1, -0.05) is 0 Å². The second kappa shape index (κ2) is 9.04. The SMILES string of the molecule is CC(=O)NC1CCC(NC(=O)c2c(C)[nH]c3c(-c4cc(F)ccc4OCC4CC4)ncnc23)C1. The first kappa shape index (κ1) is 22.3. The highest BCUT2D eigenvalue weighted by atomic mass is 19.1. The van der Waals surface area contributed by atoms with Crippen LogP contribution in [0, 0.1) is 18.7 Å². The first-order valence-corrected chi connectivity index (χ1v) is 11.7. The first-order valence-electron chi connectivity index (χ1n) is 11.7. The predicted molar refractivity (Wildman–Crippen MR) is 125 cm³/mol. The number of hydrogen-bond donors (Lipinski definition) is 3. The van der Waals surface area contributed by atoms with E-state index in [1.54, 1.807) is 6.07 Å². The number of H-pyrrole nitrogens is 1. The lowest BCUT2D eigenvalue weighted by molar-refractivity contribution is -0.119. The minimum absolute atomic E-state index is 0.0272. The Labute approximate surface area is 196 Å². The van der Waals surface area contributed by atoms with E-state index in [1.807, 2.05) is 6.92 Å². The molecule has 0 bridgehead atoms. The van der Waals surface area contributed by atoms with E-state index in [4.69, 9.17) is 4.74 Å². The summed E-state index contributed by atoms with van der Waals surface area (Å²) < 4.78 is 20.2. The molecule has 8 nitrogen and oxygen atoms in total.